The highest BCUT2D eigenvalue weighted by atomic mass is 16.4. The molecule has 0 amide bonds. The first-order valence-electron chi connectivity index (χ1n) is 7.11. The Balaban J connectivity index is 2.28. The summed E-state index contributed by atoms with van der Waals surface area (Å²) in [6.45, 7) is 6.39. The number of benzene rings is 1. The molecule has 21 heavy (non-hydrogen) atoms. The van der Waals surface area contributed by atoms with E-state index < -0.39 is 5.97 Å². The van der Waals surface area contributed by atoms with Gasteiger partial charge in [-0.3, -0.25) is 0 Å². The molecule has 2 rings (SSSR count). The van der Waals surface area contributed by atoms with Crippen LogP contribution in [0.15, 0.2) is 24.3 Å². The number of hydrogen-bond acceptors (Lipinski definition) is 3. The predicted octanol–water partition coefficient (Wildman–Crippen LogP) is 3.28. The van der Waals surface area contributed by atoms with Crippen LogP contribution in [0.5, 0.6) is 0 Å². The Morgan fingerprint density at radius 3 is 2.86 bits per heavy atom. The average molecular weight is 284 g/mol. The minimum absolute atomic E-state index is 0.257. The highest BCUT2D eigenvalue weighted by Crippen LogP contribution is 2.33. The van der Waals surface area contributed by atoms with Gasteiger partial charge in [-0.05, 0) is 42.0 Å². The van der Waals surface area contributed by atoms with Crippen LogP contribution >= 0.6 is 0 Å². The van der Waals surface area contributed by atoms with Gasteiger partial charge >= 0.3 is 5.97 Å². The second-order valence-corrected chi connectivity index (χ2v) is 6.25. The highest BCUT2D eigenvalue weighted by molar-refractivity contribution is 5.85. The van der Waals surface area contributed by atoms with Crippen molar-refractivity contribution in [2.75, 3.05) is 18.0 Å². The molecule has 0 bridgehead atoms. The molecule has 1 heterocycles. The van der Waals surface area contributed by atoms with Gasteiger partial charge < -0.3 is 10.0 Å². The molecule has 110 valence electrons. The Hall–Kier alpha value is -2.28. The number of rotatable bonds is 3. The molecule has 0 aliphatic carbocycles. The predicted molar refractivity (Wildman–Crippen MR) is 83.1 cm³/mol. The van der Waals surface area contributed by atoms with Gasteiger partial charge in [0.05, 0.1) is 11.3 Å². The lowest BCUT2D eigenvalue weighted by molar-refractivity contribution is -0.131. The topological polar surface area (TPSA) is 64.3 Å². The third-order valence-corrected chi connectivity index (χ3v) is 3.80. The van der Waals surface area contributed by atoms with Gasteiger partial charge in [0.2, 0.25) is 0 Å². The maximum atomic E-state index is 10.6. The lowest BCUT2D eigenvalue weighted by Crippen LogP contribution is -2.40. The number of anilines is 1. The van der Waals surface area contributed by atoms with Crippen molar-refractivity contribution in [2.24, 2.45) is 5.41 Å². The zero-order chi connectivity index (χ0) is 15.5. The first-order valence-corrected chi connectivity index (χ1v) is 7.11. The van der Waals surface area contributed by atoms with E-state index in [0.29, 0.717) is 5.56 Å². The van der Waals surface area contributed by atoms with Gasteiger partial charge in [-0.1, -0.05) is 19.9 Å². The van der Waals surface area contributed by atoms with E-state index in [-0.39, 0.29) is 5.41 Å². The summed E-state index contributed by atoms with van der Waals surface area (Å²) in [5.74, 6) is -0.990. The number of hydrogen-bond donors (Lipinski definition) is 1. The summed E-state index contributed by atoms with van der Waals surface area (Å²) in [4.78, 5) is 12.8. The monoisotopic (exact) mass is 284 g/mol. The van der Waals surface area contributed by atoms with Crippen LogP contribution in [0.4, 0.5) is 5.69 Å². The zero-order valence-electron chi connectivity index (χ0n) is 12.5. The van der Waals surface area contributed by atoms with E-state index in [2.05, 4.69) is 24.8 Å². The minimum atomic E-state index is -0.990. The van der Waals surface area contributed by atoms with Crippen molar-refractivity contribution >= 4 is 17.7 Å². The smallest absolute Gasteiger partial charge is 0.328 e. The van der Waals surface area contributed by atoms with Crippen molar-refractivity contribution in [3.05, 3.63) is 35.4 Å². The largest absolute Gasteiger partial charge is 0.478 e. The van der Waals surface area contributed by atoms with E-state index in [0.717, 1.165) is 36.8 Å². The van der Waals surface area contributed by atoms with Gasteiger partial charge in [-0.15, -0.1) is 0 Å². The van der Waals surface area contributed by atoms with E-state index in [1.54, 1.807) is 6.07 Å². The number of piperidine rings is 1. The maximum Gasteiger partial charge on any atom is 0.328 e. The summed E-state index contributed by atoms with van der Waals surface area (Å²) < 4.78 is 0. The number of carboxylic acid groups (broad SMARTS) is 1. The molecular weight excluding hydrogens is 264 g/mol. The van der Waals surface area contributed by atoms with Crippen LogP contribution < -0.4 is 4.90 Å². The van der Waals surface area contributed by atoms with Crippen LogP contribution in [0, 0.1) is 16.7 Å². The Morgan fingerprint density at radius 2 is 2.24 bits per heavy atom. The maximum absolute atomic E-state index is 10.6. The SMILES string of the molecule is CC1(C)CCCN(c2ccc(/C=C/C(=O)O)cc2C#N)C1. The van der Waals surface area contributed by atoms with Gasteiger partial charge in [-0.2, -0.15) is 5.26 Å². The molecule has 1 N–H and O–H groups in total. The van der Waals surface area contributed by atoms with Crippen molar-refractivity contribution in [3.63, 3.8) is 0 Å². The molecule has 0 saturated carbocycles. The summed E-state index contributed by atoms with van der Waals surface area (Å²) in [7, 11) is 0. The molecule has 1 saturated heterocycles. The molecule has 0 atom stereocenters. The van der Waals surface area contributed by atoms with Crippen molar-refractivity contribution in [3.8, 4) is 6.07 Å². The lowest BCUT2D eigenvalue weighted by Gasteiger charge is -2.39. The molecule has 1 aliphatic heterocycles. The van der Waals surface area contributed by atoms with Crippen molar-refractivity contribution < 1.29 is 9.90 Å². The van der Waals surface area contributed by atoms with E-state index in [1.165, 1.54) is 12.5 Å². The fraction of sp³-hybridized carbons (Fsp3) is 0.412. The average Bonchev–Trinajstić information content (AvgIpc) is 2.43. The molecule has 0 radical (unpaired) electrons. The van der Waals surface area contributed by atoms with Crippen LogP contribution in [0.3, 0.4) is 0 Å². The molecule has 4 nitrogen and oxygen atoms in total. The summed E-state index contributed by atoms with van der Waals surface area (Å²) in [5.41, 5.74) is 2.53. The van der Waals surface area contributed by atoms with Gasteiger partial charge in [0.15, 0.2) is 0 Å². The third kappa shape index (κ3) is 3.85. The summed E-state index contributed by atoms with van der Waals surface area (Å²) in [5, 5.41) is 18.0. The molecule has 1 aliphatic rings. The van der Waals surface area contributed by atoms with Crippen LogP contribution in [0.1, 0.15) is 37.8 Å². The fourth-order valence-electron chi connectivity index (χ4n) is 2.82. The Kier molecular flexibility index (Phi) is 4.32. The summed E-state index contributed by atoms with van der Waals surface area (Å²) in [6, 6.07) is 7.75. The molecule has 0 spiro atoms. The normalized spacial score (nSPS) is 17.7. The molecular formula is C17H20N2O2. The first-order chi connectivity index (χ1) is 9.91. The number of nitriles is 1. The van der Waals surface area contributed by atoms with Gasteiger partial charge in [0, 0.05) is 19.2 Å². The molecule has 1 aromatic rings. The van der Waals surface area contributed by atoms with Gasteiger partial charge in [0.1, 0.15) is 6.07 Å². The minimum Gasteiger partial charge on any atom is -0.478 e. The van der Waals surface area contributed by atoms with Gasteiger partial charge in [0.25, 0.3) is 0 Å². The summed E-state index contributed by atoms with van der Waals surface area (Å²) >= 11 is 0. The van der Waals surface area contributed by atoms with E-state index in [9.17, 15) is 10.1 Å². The third-order valence-electron chi connectivity index (χ3n) is 3.80. The zero-order valence-corrected chi connectivity index (χ0v) is 12.5. The fourth-order valence-corrected chi connectivity index (χ4v) is 2.82. The first kappa shape index (κ1) is 15.1. The number of aliphatic carboxylic acids is 1. The van der Waals surface area contributed by atoms with Gasteiger partial charge in [-0.25, -0.2) is 4.79 Å². The van der Waals surface area contributed by atoms with Crippen LogP contribution in [0.2, 0.25) is 0 Å². The summed E-state index contributed by atoms with van der Waals surface area (Å²) in [6.07, 6.45) is 4.91. The molecule has 0 unspecified atom stereocenters. The molecule has 1 aromatic carbocycles. The van der Waals surface area contributed by atoms with Crippen LogP contribution in [-0.2, 0) is 4.79 Å². The number of carbonyl (C=O) groups is 1. The van der Waals surface area contributed by atoms with E-state index in [4.69, 9.17) is 5.11 Å². The number of nitrogens with zero attached hydrogens (tertiary/aromatic N) is 2. The van der Waals surface area contributed by atoms with E-state index in [1.807, 2.05) is 12.1 Å². The van der Waals surface area contributed by atoms with Crippen molar-refractivity contribution in [1.29, 1.82) is 5.26 Å². The van der Waals surface area contributed by atoms with Crippen molar-refractivity contribution in [2.45, 2.75) is 26.7 Å². The Bertz CT molecular complexity index is 612. The van der Waals surface area contributed by atoms with Crippen LogP contribution in [-0.4, -0.2) is 24.2 Å². The van der Waals surface area contributed by atoms with Crippen LogP contribution in [0.25, 0.3) is 6.08 Å². The second kappa shape index (κ2) is 6.01. The molecule has 1 fully saturated rings. The van der Waals surface area contributed by atoms with E-state index >= 15 is 0 Å². The Labute approximate surface area is 125 Å². The second-order valence-electron chi connectivity index (χ2n) is 6.25. The molecule has 0 aromatic heterocycles. The standard InChI is InChI=1S/C17H20N2O2/c1-17(2)8-3-9-19(12-17)15-6-4-13(5-7-16(20)21)10-14(15)11-18/h4-7,10H,3,8-9,12H2,1-2H3,(H,20,21)/b7-5+. The quantitative estimate of drug-likeness (QED) is 0.865. The number of carboxylic acids is 1. The highest BCUT2D eigenvalue weighted by Gasteiger charge is 2.27. The lowest BCUT2D eigenvalue weighted by atomic mass is 9.84. The van der Waals surface area contributed by atoms with Crippen molar-refractivity contribution in [1.82, 2.24) is 0 Å². The Morgan fingerprint density at radius 1 is 1.48 bits per heavy atom. The molecule has 4 heteroatoms.